The van der Waals surface area contributed by atoms with Crippen molar-refractivity contribution in [2.75, 3.05) is 40.0 Å². The van der Waals surface area contributed by atoms with Gasteiger partial charge in [-0.3, -0.25) is 14.4 Å². The number of rotatable bonds is 26. The molecule has 7 nitrogen and oxygen atoms in total. The predicted molar refractivity (Wildman–Crippen MR) is 205 cm³/mol. The second-order valence-electron chi connectivity index (χ2n) is 17.1. The molecule has 0 spiro atoms. The third-order valence-electron chi connectivity index (χ3n) is 12.2. The maximum absolute atomic E-state index is 12.8. The number of allylic oxidation sites excluding steroid dienone is 4. The number of unbranched alkanes of at least 4 members (excludes halogenated alkanes) is 9. The summed E-state index contributed by atoms with van der Waals surface area (Å²) < 4.78 is 17.1. The van der Waals surface area contributed by atoms with Crippen molar-refractivity contribution in [3.05, 3.63) is 24.3 Å². The summed E-state index contributed by atoms with van der Waals surface area (Å²) in [5.74, 6) is 1.63. The van der Waals surface area contributed by atoms with Crippen LogP contribution in [0.2, 0.25) is 0 Å². The van der Waals surface area contributed by atoms with Gasteiger partial charge in [0, 0.05) is 19.4 Å². The zero-order chi connectivity index (χ0) is 36.2. The molecule has 1 saturated heterocycles. The molecule has 7 heteroatoms. The van der Waals surface area contributed by atoms with Crippen LogP contribution in [0.5, 0.6) is 0 Å². The number of piperidine rings is 1. The quantitative estimate of drug-likeness (QED) is 0.0382. The van der Waals surface area contributed by atoms with Gasteiger partial charge in [0.15, 0.2) is 0 Å². The van der Waals surface area contributed by atoms with Gasteiger partial charge in [0.05, 0.1) is 11.8 Å². The third kappa shape index (κ3) is 16.2. The van der Waals surface area contributed by atoms with Crippen molar-refractivity contribution in [3.8, 4) is 0 Å². The summed E-state index contributed by atoms with van der Waals surface area (Å²) >= 11 is 0. The smallest absolute Gasteiger partial charge is 0.310 e. The summed E-state index contributed by atoms with van der Waals surface area (Å²) in [6.07, 6.45) is 36.1. The zero-order valence-electron chi connectivity index (χ0n) is 32.6. The molecule has 2 atom stereocenters. The van der Waals surface area contributed by atoms with Crippen LogP contribution in [0.3, 0.4) is 0 Å². The lowest BCUT2D eigenvalue weighted by molar-refractivity contribution is -0.156. The van der Waals surface area contributed by atoms with Crippen molar-refractivity contribution < 1.29 is 28.6 Å². The Labute approximate surface area is 311 Å². The fraction of sp³-hybridized carbons (Fsp3) is 0.841. The Morgan fingerprint density at radius 1 is 0.706 bits per heavy atom. The predicted octanol–water partition coefficient (Wildman–Crippen LogP) is 10.2. The lowest BCUT2D eigenvalue weighted by Gasteiger charge is -2.57. The second-order valence-corrected chi connectivity index (χ2v) is 17.1. The monoisotopic (exact) mass is 712 g/mol. The highest BCUT2D eigenvalue weighted by Crippen LogP contribution is 2.61. The van der Waals surface area contributed by atoms with Crippen LogP contribution in [0.25, 0.3) is 0 Å². The topological polar surface area (TPSA) is 82.1 Å². The van der Waals surface area contributed by atoms with E-state index in [0.29, 0.717) is 24.8 Å². The Morgan fingerprint density at radius 3 is 1.86 bits per heavy atom. The van der Waals surface area contributed by atoms with Crippen molar-refractivity contribution in [1.82, 2.24) is 4.90 Å². The van der Waals surface area contributed by atoms with Crippen molar-refractivity contribution in [2.24, 2.45) is 35.0 Å². The van der Waals surface area contributed by atoms with E-state index in [0.717, 1.165) is 82.1 Å². The van der Waals surface area contributed by atoms with Crippen LogP contribution in [0.4, 0.5) is 0 Å². The number of esters is 3. The molecular weight excluding hydrogens is 638 g/mol. The molecule has 0 N–H and O–H groups in total. The van der Waals surface area contributed by atoms with Gasteiger partial charge in [0.1, 0.15) is 19.8 Å². The van der Waals surface area contributed by atoms with Gasteiger partial charge in [-0.1, -0.05) is 69.8 Å². The number of ether oxygens (including phenoxy) is 3. The fourth-order valence-electron chi connectivity index (χ4n) is 9.85. The van der Waals surface area contributed by atoms with E-state index in [9.17, 15) is 14.4 Å². The summed E-state index contributed by atoms with van der Waals surface area (Å²) in [4.78, 5) is 40.4. The average Bonchev–Trinajstić information content (AvgIpc) is 3.10. The molecule has 5 fully saturated rings. The van der Waals surface area contributed by atoms with E-state index < -0.39 is 0 Å². The van der Waals surface area contributed by atoms with Gasteiger partial charge >= 0.3 is 17.9 Å². The molecule has 0 aromatic carbocycles. The molecule has 4 saturated carbocycles. The standard InChI is InChI=1S/C44H73NO6/c1-3-4-5-6-7-8-9-10-11-12-13-14-15-16-17-18-22-41(46)49-33-39(35-51-43(48)40-21-20-25-45(2)32-40)34-50-42(47)23-19-24-44-29-36-26-37(30-44)28-38(27-36)31-44/h7-8,10-11,36-40H,3-6,9,12-35H2,1-2H3/b8-7-,11-10-. The van der Waals surface area contributed by atoms with Crippen LogP contribution in [-0.2, 0) is 28.6 Å². The number of hydrogen-bond donors (Lipinski definition) is 0. The highest BCUT2D eigenvalue weighted by Gasteiger charge is 2.50. The van der Waals surface area contributed by atoms with E-state index in [1.54, 1.807) is 0 Å². The summed E-state index contributed by atoms with van der Waals surface area (Å²) in [6.45, 7) is 4.23. The van der Waals surface area contributed by atoms with Crippen molar-refractivity contribution in [1.29, 1.82) is 0 Å². The summed E-state index contributed by atoms with van der Waals surface area (Å²) in [5.41, 5.74) is 0.468. The highest BCUT2D eigenvalue weighted by atomic mass is 16.6. The fourth-order valence-corrected chi connectivity index (χ4v) is 9.85. The average molecular weight is 712 g/mol. The highest BCUT2D eigenvalue weighted by molar-refractivity contribution is 5.73. The molecule has 4 bridgehead atoms. The number of nitrogens with zero attached hydrogens (tertiary/aromatic N) is 1. The Kier molecular flexibility index (Phi) is 19.2. The number of hydrogen-bond acceptors (Lipinski definition) is 7. The van der Waals surface area contributed by atoms with Gasteiger partial charge < -0.3 is 19.1 Å². The van der Waals surface area contributed by atoms with E-state index in [2.05, 4.69) is 36.1 Å². The molecular formula is C44H73NO6. The van der Waals surface area contributed by atoms with Gasteiger partial charge in [-0.05, 0) is 139 Å². The first kappa shape index (κ1) is 41.6. The Bertz CT molecular complexity index is 1050. The van der Waals surface area contributed by atoms with Gasteiger partial charge in [-0.15, -0.1) is 0 Å². The first-order valence-electron chi connectivity index (χ1n) is 21.3. The Morgan fingerprint density at radius 2 is 1.25 bits per heavy atom. The number of likely N-dealkylation sites (tertiary alicyclic amines) is 1. The van der Waals surface area contributed by atoms with E-state index in [-0.39, 0.29) is 49.6 Å². The molecule has 1 aliphatic heterocycles. The minimum Gasteiger partial charge on any atom is -0.465 e. The first-order chi connectivity index (χ1) is 24.8. The van der Waals surface area contributed by atoms with Crippen molar-refractivity contribution in [3.63, 3.8) is 0 Å². The minimum absolute atomic E-state index is 0.0951. The molecule has 290 valence electrons. The maximum atomic E-state index is 12.8. The molecule has 0 amide bonds. The van der Waals surface area contributed by atoms with Crippen LogP contribution in [-0.4, -0.2) is 62.8 Å². The lowest BCUT2D eigenvalue weighted by Crippen LogP contribution is -2.45. The van der Waals surface area contributed by atoms with E-state index >= 15 is 0 Å². The van der Waals surface area contributed by atoms with Crippen LogP contribution < -0.4 is 0 Å². The lowest BCUT2D eigenvalue weighted by atomic mass is 9.48. The van der Waals surface area contributed by atoms with Crippen LogP contribution in [0.15, 0.2) is 24.3 Å². The molecule has 0 aromatic rings. The summed E-state index contributed by atoms with van der Waals surface area (Å²) in [7, 11) is 2.03. The third-order valence-corrected chi connectivity index (χ3v) is 12.2. The van der Waals surface area contributed by atoms with E-state index in [1.165, 1.54) is 83.5 Å². The Hall–Kier alpha value is -2.15. The number of carbonyl (C=O) groups excluding carboxylic acids is 3. The molecule has 5 rings (SSSR count). The molecule has 5 aliphatic rings. The maximum Gasteiger partial charge on any atom is 0.310 e. The van der Waals surface area contributed by atoms with Crippen molar-refractivity contribution in [2.45, 2.75) is 161 Å². The van der Waals surface area contributed by atoms with Crippen LogP contribution >= 0.6 is 0 Å². The number of carbonyl (C=O) groups is 3. The molecule has 4 aliphatic carbocycles. The SMILES string of the molecule is CCCCC/C=C\C/C=C\CCCCCCCCC(=O)OCC(COC(=O)CCCC12CC3CC(CC(C3)C1)C2)COC(=O)C1CCCN(C)C1. The van der Waals surface area contributed by atoms with Crippen LogP contribution in [0.1, 0.15) is 161 Å². The largest absolute Gasteiger partial charge is 0.465 e. The zero-order valence-corrected chi connectivity index (χ0v) is 32.6. The molecule has 0 radical (unpaired) electrons. The van der Waals surface area contributed by atoms with E-state index in [4.69, 9.17) is 14.2 Å². The molecule has 2 unspecified atom stereocenters. The second kappa shape index (κ2) is 23.5. The van der Waals surface area contributed by atoms with Gasteiger partial charge in [-0.2, -0.15) is 0 Å². The van der Waals surface area contributed by atoms with Crippen LogP contribution in [0, 0.1) is 35.0 Å². The molecule has 51 heavy (non-hydrogen) atoms. The normalized spacial score (nSPS) is 26.5. The summed E-state index contributed by atoms with van der Waals surface area (Å²) in [6, 6.07) is 0. The Balaban J connectivity index is 1.07. The first-order valence-corrected chi connectivity index (χ1v) is 21.3. The van der Waals surface area contributed by atoms with Gasteiger partial charge in [0.2, 0.25) is 0 Å². The minimum atomic E-state index is -0.359. The van der Waals surface area contributed by atoms with Gasteiger partial charge in [-0.25, -0.2) is 0 Å². The van der Waals surface area contributed by atoms with Gasteiger partial charge in [0.25, 0.3) is 0 Å². The molecule has 0 aromatic heterocycles. The summed E-state index contributed by atoms with van der Waals surface area (Å²) in [5, 5.41) is 0. The van der Waals surface area contributed by atoms with Crippen molar-refractivity contribution >= 4 is 17.9 Å². The molecule has 1 heterocycles. The van der Waals surface area contributed by atoms with E-state index in [1.807, 2.05) is 7.05 Å².